The Hall–Kier alpha value is -3.35. The van der Waals surface area contributed by atoms with Gasteiger partial charge < -0.3 is 10.1 Å². The summed E-state index contributed by atoms with van der Waals surface area (Å²) < 4.78 is 5.86. The Balaban J connectivity index is 1.48. The predicted octanol–water partition coefficient (Wildman–Crippen LogP) is 5.75. The van der Waals surface area contributed by atoms with E-state index in [0.717, 1.165) is 11.1 Å². The van der Waals surface area contributed by atoms with E-state index in [4.69, 9.17) is 27.9 Å². The summed E-state index contributed by atoms with van der Waals surface area (Å²) in [5.74, 6) is -0.0202. The quantitative estimate of drug-likeness (QED) is 0.300. The van der Waals surface area contributed by atoms with Crippen molar-refractivity contribution in [3.8, 4) is 5.75 Å². The molecule has 0 aliphatic rings. The van der Waals surface area contributed by atoms with Gasteiger partial charge in [0.05, 0.1) is 6.21 Å². The zero-order valence-electron chi connectivity index (χ0n) is 18.0. The zero-order chi connectivity index (χ0) is 23.6. The van der Waals surface area contributed by atoms with Crippen LogP contribution < -0.4 is 15.5 Å². The average molecular weight is 484 g/mol. The Labute approximate surface area is 202 Å². The summed E-state index contributed by atoms with van der Waals surface area (Å²) in [6.45, 7) is 2.22. The summed E-state index contributed by atoms with van der Waals surface area (Å²) in [5.41, 5.74) is 5.71. The van der Waals surface area contributed by atoms with Crippen LogP contribution in [-0.2, 0) is 16.2 Å². The molecule has 3 aromatic rings. The van der Waals surface area contributed by atoms with Crippen LogP contribution in [0.4, 0.5) is 5.69 Å². The molecule has 6 nitrogen and oxygen atoms in total. The van der Waals surface area contributed by atoms with Crippen LogP contribution in [0.1, 0.15) is 29.5 Å². The fourth-order valence-corrected chi connectivity index (χ4v) is 3.29. The van der Waals surface area contributed by atoms with Gasteiger partial charge in [-0.15, -0.1) is 0 Å². The molecule has 0 saturated carbocycles. The molecule has 0 aliphatic heterocycles. The van der Waals surface area contributed by atoms with Gasteiger partial charge in [-0.2, -0.15) is 5.10 Å². The smallest absolute Gasteiger partial charge is 0.240 e. The van der Waals surface area contributed by atoms with Crippen molar-refractivity contribution in [2.24, 2.45) is 5.10 Å². The second kappa shape index (κ2) is 12.0. The third-order valence-electron chi connectivity index (χ3n) is 4.62. The Morgan fingerprint density at radius 1 is 0.970 bits per heavy atom. The second-order valence-corrected chi connectivity index (χ2v) is 8.11. The zero-order valence-corrected chi connectivity index (χ0v) is 19.5. The average Bonchev–Trinajstić information content (AvgIpc) is 2.79. The van der Waals surface area contributed by atoms with E-state index in [0.29, 0.717) is 27.0 Å². The Morgan fingerprint density at radius 2 is 1.70 bits per heavy atom. The maximum atomic E-state index is 12.0. The number of halogens is 2. The van der Waals surface area contributed by atoms with Crippen LogP contribution >= 0.6 is 23.2 Å². The largest absolute Gasteiger partial charge is 0.488 e. The van der Waals surface area contributed by atoms with Gasteiger partial charge in [-0.05, 0) is 43.3 Å². The minimum atomic E-state index is -0.364. The standard InChI is InChI=1S/C25H23Cl2N3O3/c1-17-6-10-21(11-7-17)29-24(31)12-13-25(32)30-28-15-18-4-2-3-5-23(18)33-16-19-8-9-20(26)14-22(19)27/h2-11,14-15H,12-13,16H2,1H3,(H,29,31)(H,30,32). The number of benzene rings is 3. The lowest BCUT2D eigenvalue weighted by Crippen LogP contribution is -2.20. The number of amides is 2. The van der Waals surface area contributed by atoms with Crippen LogP contribution in [0, 0.1) is 6.92 Å². The van der Waals surface area contributed by atoms with E-state index in [-0.39, 0.29) is 31.3 Å². The minimum absolute atomic E-state index is 0.0161. The number of anilines is 1. The fraction of sp³-hybridized carbons (Fsp3) is 0.160. The highest BCUT2D eigenvalue weighted by Crippen LogP contribution is 2.24. The van der Waals surface area contributed by atoms with E-state index in [1.807, 2.05) is 49.4 Å². The van der Waals surface area contributed by atoms with Crippen molar-refractivity contribution in [2.75, 3.05) is 5.32 Å². The van der Waals surface area contributed by atoms with Crippen LogP contribution in [0.3, 0.4) is 0 Å². The molecule has 0 radical (unpaired) electrons. The molecule has 0 unspecified atom stereocenters. The molecule has 8 heteroatoms. The molecule has 0 aromatic heterocycles. The summed E-state index contributed by atoms with van der Waals surface area (Å²) >= 11 is 12.1. The molecule has 2 N–H and O–H groups in total. The number of rotatable bonds is 9. The monoisotopic (exact) mass is 483 g/mol. The second-order valence-electron chi connectivity index (χ2n) is 7.27. The third kappa shape index (κ3) is 7.93. The lowest BCUT2D eigenvalue weighted by molar-refractivity contribution is -0.124. The Kier molecular flexibility index (Phi) is 8.87. The molecular formula is C25H23Cl2N3O3. The lowest BCUT2D eigenvalue weighted by atomic mass is 10.2. The minimum Gasteiger partial charge on any atom is -0.488 e. The number of carbonyl (C=O) groups is 2. The number of carbonyl (C=O) groups excluding carboxylic acids is 2. The molecular weight excluding hydrogens is 461 g/mol. The lowest BCUT2D eigenvalue weighted by Gasteiger charge is -2.10. The molecule has 170 valence electrons. The molecule has 33 heavy (non-hydrogen) atoms. The molecule has 0 saturated heterocycles. The highest BCUT2D eigenvalue weighted by atomic mass is 35.5. The van der Waals surface area contributed by atoms with Gasteiger partial charge in [0.1, 0.15) is 12.4 Å². The number of para-hydroxylation sites is 1. The molecule has 0 heterocycles. The van der Waals surface area contributed by atoms with Crippen LogP contribution in [0.25, 0.3) is 0 Å². The van der Waals surface area contributed by atoms with Crippen molar-refractivity contribution in [3.63, 3.8) is 0 Å². The molecule has 3 aromatic carbocycles. The van der Waals surface area contributed by atoms with Gasteiger partial charge in [-0.1, -0.05) is 59.1 Å². The maximum absolute atomic E-state index is 12.0. The van der Waals surface area contributed by atoms with Crippen molar-refractivity contribution in [3.05, 3.63) is 93.5 Å². The summed E-state index contributed by atoms with van der Waals surface area (Å²) in [6, 6.07) is 19.9. The van der Waals surface area contributed by atoms with E-state index >= 15 is 0 Å². The maximum Gasteiger partial charge on any atom is 0.240 e. The number of hydrogen-bond donors (Lipinski definition) is 2. The van der Waals surface area contributed by atoms with Crippen LogP contribution in [-0.4, -0.2) is 18.0 Å². The Bertz CT molecular complexity index is 1150. The molecule has 2 amide bonds. The SMILES string of the molecule is Cc1ccc(NC(=O)CCC(=O)NN=Cc2ccccc2OCc2ccc(Cl)cc2Cl)cc1. The van der Waals surface area contributed by atoms with Gasteiger partial charge in [0.2, 0.25) is 11.8 Å². The summed E-state index contributed by atoms with van der Waals surface area (Å²) in [4.78, 5) is 24.0. The molecule has 3 rings (SSSR count). The molecule has 0 atom stereocenters. The molecule has 0 bridgehead atoms. The molecule has 0 aliphatic carbocycles. The van der Waals surface area contributed by atoms with E-state index in [1.165, 1.54) is 6.21 Å². The number of aryl methyl sites for hydroxylation is 1. The topological polar surface area (TPSA) is 79.8 Å². The fourth-order valence-electron chi connectivity index (χ4n) is 2.83. The normalized spacial score (nSPS) is 10.8. The van der Waals surface area contributed by atoms with E-state index in [2.05, 4.69) is 15.8 Å². The number of hydrogen-bond acceptors (Lipinski definition) is 4. The van der Waals surface area contributed by atoms with Gasteiger partial charge in [0.25, 0.3) is 0 Å². The van der Waals surface area contributed by atoms with Crippen LogP contribution in [0.15, 0.2) is 71.8 Å². The first kappa shape index (κ1) is 24.3. The summed E-state index contributed by atoms with van der Waals surface area (Å²) in [7, 11) is 0. The molecule has 0 fully saturated rings. The number of nitrogens with zero attached hydrogens (tertiary/aromatic N) is 1. The first-order chi connectivity index (χ1) is 15.9. The van der Waals surface area contributed by atoms with Crippen molar-refractivity contribution in [1.82, 2.24) is 5.43 Å². The van der Waals surface area contributed by atoms with E-state index < -0.39 is 0 Å². The first-order valence-corrected chi connectivity index (χ1v) is 11.0. The first-order valence-electron chi connectivity index (χ1n) is 10.2. The molecule has 0 spiro atoms. The van der Waals surface area contributed by atoms with E-state index in [9.17, 15) is 9.59 Å². The highest BCUT2D eigenvalue weighted by Gasteiger charge is 2.08. The van der Waals surface area contributed by atoms with Crippen LogP contribution in [0.2, 0.25) is 10.0 Å². The number of ether oxygens (including phenoxy) is 1. The van der Waals surface area contributed by atoms with Gasteiger partial charge in [-0.3, -0.25) is 9.59 Å². The van der Waals surface area contributed by atoms with Crippen molar-refractivity contribution >= 4 is 46.9 Å². The van der Waals surface area contributed by atoms with Crippen molar-refractivity contribution < 1.29 is 14.3 Å². The third-order valence-corrected chi connectivity index (χ3v) is 5.21. The van der Waals surface area contributed by atoms with Crippen LogP contribution in [0.5, 0.6) is 5.75 Å². The van der Waals surface area contributed by atoms with E-state index in [1.54, 1.807) is 24.3 Å². The number of nitrogens with one attached hydrogen (secondary N) is 2. The predicted molar refractivity (Wildman–Crippen MR) is 132 cm³/mol. The summed E-state index contributed by atoms with van der Waals surface area (Å²) in [6.07, 6.45) is 1.56. The van der Waals surface area contributed by atoms with Gasteiger partial charge in [0.15, 0.2) is 0 Å². The Morgan fingerprint density at radius 3 is 2.45 bits per heavy atom. The number of hydrazone groups is 1. The van der Waals surface area contributed by atoms with Gasteiger partial charge in [-0.25, -0.2) is 5.43 Å². The van der Waals surface area contributed by atoms with Crippen molar-refractivity contribution in [1.29, 1.82) is 0 Å². The van der Waals surface area contributed by atoms with Gasteiger partial charge >= 0.3 is 0 Å². The summed E-state index contributed by atoms with van der Waals surface area (Å²) in [5, 5.41) is 7.81. The van der Waals surface area contributed by atoms with Crippen molar-refractivity contribution in [2.45, 2.75) is 26.4 Å². The van der Waals surface area contributed by atoms with Gasteiger partial charge in [0, 0.05) is 39.7 Å². The highest BCUT2D eigenvalue weighted by molar-refractivity contribution is 6.35.